The molecule has 0 radical (unpaired) electrons. The van der Waals surface area contributed by atoms with Gasteiger partial charge in [0.05, 0.1) is 26.5 Å². The third kappa shape index (κ3) is 2.17. The van der Waals surface area contributed by atoms with Crippen molar-refractivity contribution in [2.24, 2.45) is 17.1 Å². The number of carbonyl (C=O) groups is 3. The number of nitrogens with zero attached hydrogens (tertiary/aromatic N) is 1. The Hall–Kier alpha value is -2.48. The molecule has 7 N–H and O–H groups in total. The Morgan fingerprint density at radius 2 is 1.82 bits per heavy atom. The number of rotatable bonds is 2. The van der Waals surface area contributed by atoms with Crippen LogP contribution in [0, 0.1) is 11.3 Å². The van der Waals surface area contributed by atoms with Gasteiger partial charge in [0.2, 0.25) is 5.78 Å². The van der Waals surface area contributed by atoms with Gasteiger partial charge in [-0.25, -0.2) is 0 Å². The first-order chi connectivity index (χ1) is 15.3. The summed E-state index contributed by atoms with van der Waals surface area (Å²) in [5.41, 5.74) is -1.77. The lowest BCUT2D eigenvalue weighted by atomic mass is 9.57. The molecule has 1 fully saturated rings. The molecule has 5 rings (SSSR count). The predicted molar refractivity (Wildman–Crippen MR) is 121 cm³/mol. The van der Waals surface area contributed by atoms with Crippen molar-refractivity contribution in [1.82, 2.24) is 4.90 Å². The average Bonchev–Trinajstić information content (AvgIpc) is 3.20. The number of likely N-dealkylation sites (N-methyl/N-ethyl adjacent to an activating group) is 1. The average molecular weight is 568 g/mol. The quantitative estimate of drug-likeness (QED) is 0.162. The molecule has 1 spiro atoms. The molecule has 0 heterocycles. The summed E-state index contributed by atoms with van der Waals surface area (Å²) in [4.78, 5) is 40.3. The lowest BCUT2D eigenvalue weighted by Crippen LogP contribution is -2.64. The number of fused-ring (bicyclic) bond motifs is 3. The number of phenols is 1. The van der Waals surface area contributed by atoms with Gasteiger partial charge >= 0.3 is 0 Å². The van der Waals surface area contributed by atoms with Crippen molar-refractivity contribution in [3.8, 4) is 5.75 Å². The zero-order chi connectivity index (χ0) is 24.4. The first-order valence-electron chi connectivity index (χ1n) is 10.1. The Labute approximate surface area is 201 Å². The van der Waals surface area contributed by atoms with Gasteiger partial charge in [-0.05, 0) is 26.6 Å². The zero-order valence-electron chi connectivity index (χ0n) is 17.5. The van der Waals surface area contributed by atoms with E-state index in [1.54, 1.807) is 14.1 Å². The normalized spacial score (nSPS) is 39.2. The number of hydrogen-bond donors (Lipinski definition) is 6. The van der Waals surface area contributed by atoms with Crippen molar-refractivity contribution < 1.29 is 39.9 Å². The summed E-state index contributed by atoms with van der Waals surface area (Å²) in [6.45, 7) is 0. The molecule has 0 aromatic heterocycles. The summed E-state index contributed by atoms with van der Waals surface area (Å²) < 4.78 is -0.655. The fraction of sp³-hybridized carbons (Fsp3) is 0.409. The Morgan fingerprint density at radius 3 is 2.39 bits per heavy atom. The minimum absolute atomic E-state index is 0.168. The van der Waals surface area contributed by atoms with E-state index in [1.165, 1.54) is 23.1 Å². The van der Waals surface area contributed by atoms with Gasteiger partial charge in [0, 0.05) is 11.5 Å². The van der Waals surface area contributed by atoms with Crippen LogP contribution in [0.5, 0.6) is 5.75 Å². The lowest BCUT2D eigenvalue weighted by Gasteiger charge is -2.50. The SMILES string of the molecule is CN(C)[C@@H]1C(O)=C(C(N)=O)C(=O)[C@@]2(O)C(O)=C3C(=O)c4c(O)cccc4[C@]4(O)C(I)[C@]34C[C@@H]12. The second-order valence-corrected chi connectivity index (χ2v) is 10.5. The van der Waals surface area contributed by atoms with Crippen LogP contribution in [0.25, 0.3) is 0 Å². The number of Topliss-reactive ketones (excluding diaryl/α,β-unsaturated/α-hetero) is 2. The van der Waals surface area contributed by atoms with Gasteiger partial charge in [0.15, 0.2) is 11.4 Å². The fourth-order valence-corrected chi connectivity index (χ4v) is 7.98. The molecule has 1 unspecified atom stereocenters. The van der Waals surface area contributed by atoms with Crippen LogP contribution in [-0.2, 0) is 15.2 Å². The van der Waals surface area contributed by atoms with Crippen LogP contribution in [0.3, 0.4) is 0 Å². The van der Waals surface area contributed by atoms with Gasteiger partial charge in [0.25, 0.3) is 5.91 Å². The van der Waals surface area contributed by atoms with E-state index in [0.717, 1.165) is 0 Å². The molecule has 1 amide bonds. The largest absolute Gasteiger partial charge is 0.510 e. The topological polar surface area (TPSA) is 182 Å². The Morgan fingerprint density at radius 1 is 1.18 bits per heavy atom. The van der Waals surface area contributed by atoms with Crippen molar-refractivity contribution in [2.45, 2.75) is 27.6 Å². The highest BCUT2D eigenvalue weighted by Gasteiger charge is 2.85. The number of aromatic hydroxyl groups is 1. The number of hydrogen-bond acceptors (Lipinski definition) is 9. The molecule has 6 atom stereocenters. The third-order valence-electron chi connectivity index (χ3n) is 7.72. The standard InChI is InChI=1S/C22H21IN2O8/c1-25(2)13-8-6-20-12(17(30)21(8,32)16(29)11(15(13)28)18(24)31)14(27)10-7(4-3-5-9(10)26)22(20,33)19(20)23/h3-5,8,13,19,26,28,30,32-33H,6H2,1-2H3,(H2,24,31)/t8-,13-,19?,20-,21+,22-/m0/s1. The van der Waals surface area contributed by atoms with Gasteiger partial charge in [0.1, 0.15) is 28.4 Å². The van der Waals surface area contributed by atoms with Crippen molar-refractivity contribution in [1.29, 1.82) is 0 Å². The molecule has 174 valence electrons. The highest BCUT2D eigenvalue weighted by atomic mass is 127. The third-order valence-corrected chi connectivity index (χ3v) is 9.68. The zero-order valence-corrected chi connectivity index (χ0v) is 19.7. The van der Waals surface area contributed by atoms with E-state index in [-0.39, 0.29) is 23.1 Å². The van der Waals surface area contributed by atoms with Crippen molar-refractivity contribution in [2.75, 3.05) is 14.1 Å². The predicted octanol–water partition coefficient (Wildman–Crippen LogP) is -0.0469. The van der Waals surface area contributed by atoms with Crippen molar-refractivity contribution in [3.05, 3.63) is 52.0 Å². The second-order valence-electron chi connectivity index (χ2n) is 9.29. The minimum Gasteiger partial charge on any atom is -0.510 e. The van der Waals surface area contributed by atoms with Crippen LogP contribution in [0.4, 0.5) is 0 Å². The fourth-order valence-electron chi connectivity index (χ4n) is 6.23. The van der Waals surface area contributed by atoms with Gasteiger partial charge in [-0.1, -0.05) is 34.7 Å². The smallest absolute Gasteiger partial charge is 0.255 e. The number of ketones is 2. The van der Waals surface area contributed by atoms with E-state index in [9.17, 15) is 39.9 Å². The number of aliphatic hydroxyl groups excluding tert-OH is 2. The van der Waals surface area contributed by atoms with Gasteiger partial charge in [-0.15, -0.1) is 0 Å². The molecule has 1 saturated carbocycles. The highest BCUT2D eigenvalue weighted by molar-refractivity contribution is 14.1. The number of alkyl halides is 1. The second kappa shape index (κ2) is 6.34. The van der Waals surface area contributed by atoms with Gasteiger partial charge in [-0.2, -0.15) is 0 Å². The maximum atomic E-state index is 13.5. The first kappa shape index (κ1) is 22.3. The van der Waals surface area contributed by atoms with Gasteiger partial charge in [-0.3, -0.25) is 19.3 Å². The number of phenolic OH excluding ortho intramolecular Hbond substituents is 1. The number of nitrogens with two attached hydrogens (primary N) is 1. The molecule has 0 aliphatic heterocycles. The molecule has 4 aliphatic rings. The van der Waals surface area contributed by atoms with Crippen LogP contribution in [0.15, 0.2) is 40.9 Å². The molecule has 1 aromatic carbocycles. The minimum atomic E-state index is -2.75. The van der Waals surface area contributed by atoms with E-state index in [4.69, 9.17) is 5.73 Å². The number of aliphatic hydroxyl groups is 4. The lowest BCUT2D eigenvalue weighted by molar-refractivity contribution is -0.150. The van der Waals surface area contributed by atoms with Crippen molar-refractivity contribution in [3.63, 3.8) is 0 Å². The number of carbonyl (C=O) groups excluding carboxylic acids is 3. The molecule has 11 heteroatoms. The molecule has 0 saturated heterocycles. The van der Waals surface area contributed by atoms with E-state index in [0.29, 0.717) is 0 Å². The summed E-state index contributed by atoms with van der Waals surface area (Å²) in [7, 11) is 3.09. The number of halogens is 1. The molecule has 1 aromatic rings. The van der Waals surface area contributed by atoms with E-state index in [1.807, 2.05) is 22.6 Å². The number of benzene rings is 1. The first-order valence-corrected chi connectivity index (χ1v) is 11.4. The summed E-state index contributed by atoms with van der Waals surface area (Å²) in [5, 5.41) is 55.9. The van der Waals surface area contributed by atoms with E-state index in [2.05, 4.69) is 0 Å². The summed E-state index contributed by atoms with van der Waals surface area (Å²) >= 11 is 1.95. The number of primary amides is 1. The Bertz CT molecular complexity index is 1250. The molecule has 4 aliphatic carbocycles. The molecular weight excluding hydrogens is 547 g/mol. The monoisotopic (exact) mass is 568 g/mol. The Balaban J connectivity index is 1.85. The highest BCUT2D eigenvalue weighted by Crippen LogP contribution is 2.79. The molecule has 33 heavy (non-hydrogen) atoms. The molecule has 0 bridgehead atoms. The van der Waals surface area contributed by atoms with Crippen LogP contribution < -0.4 is 5.73 Å². The maximum absolute atomic E-state index is 13.5. The van der Waals surface area contributed by atoms with E-state index >= 15 is 0 Å². The van der Waals surface area contributed by atoms with Crippen LogP contribution >= 0.6 is 22.6 Å². The molecule has 10 nitrogen and oxygen atoms in total. The summed E-state index contributed by atoms with van der Waals surface area (Å²) in [6, 6.07) is 3.14. The maximum Gasteiger partial charge on any atom is 0.255 e. The van der Waals surface area contributed by atoms with E-state index < -0.39 is 72.8 Å². The van der Waals surface area contributed by atoms with Crippen molar-refractivity contribution >= 4 is 40.1 Å². The van der Waals surface area contributed by atoms with Crippen LogP contribution in [0.2, 0.25) is 0 Å². The Kier molecular flexibility index (Phi) is 4.29. The summed E-state index contributed by atoms with van der Waals surface area (Å²) in [5.74, 6) is -6.72. The van der Waals surface area contributed by atoms with Crippen LogP contribution in [-0.4, -0.2) is 77.6 Å². The van der Waals surface area contributed by atoms with Crippen LogP contribution in [0.1, 0.15) is 22.3 Å². The summed E-state index contributed by atoms with van der Waals surface area (Å²) in [6.07, 6.45) is -0.168. The van der Waals surface area contributed by atoms with Gasteiger partial charge < -0.3 is 31.3 Å². The number of amides is 1. The molecular formula is C22H21IN2O8.